The molecule has 0 aromatic heterocycles. The van der Waals surface area contributed by atoms with Crippen molar-refractivity contribution in [3.8, 4) is 0 Å². The monoisotopic (exact) mass is 197 g/mol. The Labute approximate surface area is 87.2 Å². The van der Waals surface area contributed by atoms with E-state index in [2.05, 4.69) is 0 Å². The summed E-state index contributed by atoms with van der Waals surface area (Å²) in [5.74, 6) is 0.894. The van der Waals surface area contributed by atoms with Gasteiger partial charge in [-0.15, -0.1) is 0 Å². The van der Waals surface area contributed by atoms with E-state index in [4.69, 9.17) is 10.5 Å². The van der Waals surface area contributed by atoms with E-state index >= 15 is 0 Å². The fourth-order valence-corrected chi connectivity index (χ4v) is 3.15. The van der Waals surface area contributed by atoms with E-state index in [1.54, 1.807) is 0 Å². The van der Waals surface area contributed by atoms with Gasteiger partial charge in [0.25, 0.3) is 0 Å². The molecule has 82 valence electrons. The van der Waals surface area contributed by atoms with Crippen LogP contribution in [0.15, 0.2) is 0 Å². The molecule has 1 saturated carbocycles. The second-order valence-electron chi connectivity index (χ2n) is 5.03. The van der Waals surface area contributed by atoms with Gasteiger partial charge in [-0.2, -0.15) is 0 Å². The molecule has 1 unspecified atom stereocenters. The minimum atomic E-state index is 0.303. The maximum atomic E-state index is 6.01. The first-order valence-electron chi connectivity index (χ1n) is 6.19. The second kappa shape index (κ2) is 4.63. The molecule has 2 nitrogen and oxygen atoms in total. The smallest absolute Gasteiger partial charge is 0.0685 e. The van der Waals surface area contributed by atoms with E-state index in [0.29, 0.717) is 5.60 Å². The zero-order chi connectivity index (χ0) is 9.86. The first-order valence-corrected chi connectivity index (χ1v) is 6.19. The van der Waals surface area contributed by atoms with Crippen molar-refractivity contribution in [3.63, 3.8) is 0 Å². The van der Waals surface area contributed by atoms with Crippen molar-refractivity contribution < 1.29 is 4.74 Å². The van der Waals surface area contributed by atoms with Gasteiger partial charge in [-0.25, -0.2) is 0 Å². The molecule has 0 bridgehead atoms. The third-order valence-corrected chi connectivity index (χ3v) is 3.93. The summed E-state index contributed by atoms with van der Waals surface area (Å²) in [7, 11) is 0. The van der Waals surface area contributed by atoms with Crippen molar-refractivity contribution in [3.05, 3.63) is 0 Å². The maximum absolute atomic E-state index is 6.01. The van der Waals surface area contributed by atoms with Crippen molar-refractivity contribution in [2.45, 2.75) is 57.0 Å². The molecule has 0 amide bonds. The lowest BCUT2D eigenvalue weighted by Gasteiger charge is -2.38. The quantitative estimate of drug-likeness (QED) is 0.754. The van der Waals surface area contributed by atoms with Crippen LogP contribution in [0.25, 0.3) is 0 Å². The predicted molar refractivity (Wildman–Crippen MR) is 58.2 cm³/mol. The molecule has 2 rings (SSSR count). The Bertz CT molecular complexity index is 175. The Kier molecular flexibility index (Phi) is 3.45. The molecule has 2 aliphatic rings. The first-order chi connectivity index (χ1) is 6.85. The van der Waals surface area contributed by atoms with Crippen molar-refractivity contribution in [2.24, 2.45) is 11.7 Å². The largest absolute Gasteiger partial charge is 0.375 e. The zero-order valence-corrected chi connectivity index (χ0v) is 9.13. The van der Waals surface area contributed by atoms with Gasteiger partial charge in [-0.1, -0.05) is 12.8 Å². The second-order valence-corrected chi connectivity index (χ2v) is 5.03. The van der Waals surface area contributed by atoms with Gasteiger partial charge in [0.15, 0.2) is 0 Å². The average Bonchev–Trinajstić information content (AvgIpc) is 2.63. The molecule has 0 aromatic rings. The van der Waals surface area contributed by atoms with E-state index in [1.165, 1.54) is 51.4 Å². The Morgan fingerprint density at radius 2 is 2.07 bits per heavy atom. The van der Waals surface area contributed by atoms with Crippen LogP contribution in [0.4, 0.5) is 0 Å². The standard InChI is InChI=1S/C12H23NO/c13-8-3-4-11-5-9-14-12(10-11)6-1-2-7-12/h11H,1-10,13H2. The maximum Gasteiger partial charge on any atom is 0.0685 e. The fraction of sp³-hybridized carbons (Fsp3) is 1.00. The summed E-state index contributed by atoms with van der Waals surface area (Å²) in [6, 6.07) is 0. The van der Waals surface area contributed by atoms with Gasteiger partial charge in [-0.05, 0) is 51.0 Å². The van der Waals surface area contributed by atoms with Gasteiger partial charge in [-0.3, -0.25) is 0 Å². The van der Waals surface area contributed by atoms with E-state index in [-0.39, 0.29) is 0 Å². The van der Waals surface area contributed by atoms with Crippen LogP contribution < -0.4 is 5.73 Å². The molecule has 14 heavy (non-hydrogen) atoms. The van der Waals surface area contributed by atoms with Crippen LogP contribution >= 0.6 is 0 Å². The Morgan fingerprint density at radius 3 is 2.79 bits per heavy atom. The van der Waals surface area contributed by atoms with Crippen LogP contribution in [-0.2, 0) is 4.74 Å². The molecule has 1 aliphatic carbocycles. The lowest BCUT2D eigenvalue weighted by Crippen LogP contribution is -2.37. The third kappa shape index (κ3) is 2.29. The third-order valence-electron chi connectivity index (χ3n) is 3.93. The molecule has 0 aromatic carbocycles. The molecule has 1 heterocycles. The highest BCUT2D eigenvalue weighted by Crippen LogP contribution is 2.42. The summed E-state index contributed by atoms with van der Waals surface area (Å²) in [6.45, 7) is 1.85. The first kappa shape index (κ1) is 10.4. The van der Waals surface area contributed by atoms with Gasteiger partial charge in [0.05, 0.1) is 5.60 Å². The van der Waals surface area contributed by atoms with Crippen molar-refractivity contribution in [2.75, 3.05) is 13.2 Å². The summed E-state index contributed by atoms with van der Waals surface area (Å²) in [4.78, 5) is 0. The molecule has 1 saturated heterocycles. The van der Waals surface area contributed by atoms with Crippen LogP contribution in [0.5, 0.6) is 0 Å². The Hall–Kier alpha value is -0.0800. The Morgan fingerprint density at radius 1 is 1.29 bits per heavy atom. The van der Waals surface area contributed by atoms with Gasteiger partial charge in [0.2, 0.25) is 0 Å². The molecule has 1 aliphatic heterocycles. The van der Waals surface area contributed by atoms with Crippen molar-refractivity contribution in [1.82, 2.24) is 0 Å². The summed E-state index contributed by atoms with van der Waals surface area (Å²) in [6.07, 6.45) is 10.5. The van der Waals surface area contributed by atoms with Gasteiger partial charge < -0.3 is 10.5 Å². The van der Waals surface area contributed by atoms with Crippen LogP contribution in [0.2, 0.25) is 0 Å². The lowest BCUT2D eigenvalue weighted by molar-refractivity contribution is -0.0937. The zero-order valence-electron chi connectivity index (χ0n) is 9.13. The number of ether oxygens (including phenoxy) is 1. The normalized spacial score (nSPS) is 31.1. The predicted octanol–water partition coefficient (Wildman–Crippen LogP) is 2.46. The number of hydrogen-bond acceptors (Lipinski definition) is 2. The van der Waals surface area contributed by atoms with Crippen molar-refractivity contribution >= 4 is 0 Å². The topological polar surface area (TPSA) is 35.2 Å². The minimum absolute atomic E-state index is 0.303. The molecular formula is C12H23NO. The highest BCUT2D eigenvalue weighted by molar-refractivity contribution is 4.91. The van der Waals surface area contributed by atoms with E-state index in [0.717, 1.165) is 19.1 Å². The molecule has 1 atom stereocenters. The van der Waals surface area contributed by atoms with Crippen LogP contribution in [0.3, 0.4) is 0 Å². The van der Waals surface area contributed by atoms with E-state index in [9.17, 15) is 0 Å². The van der Waals surface area contributed by atoms with Crippen LogP contribution in [0, 0.1) is 5.92 Å². The Balaban J connectivity index is 1.83. The number of hydrogen-bond donors (Lipinski definition) is 1. The SMILES string of the molecule is NCCCC1CCOC2(CCCC2)C1. The molecule has 2 heteroatoms. The summed E-state index contributed by atoms with van der Waals surface area (Å²) >= 11 is 0. The summed E-state index contributed by atoms with van der Waals surface area (Å²) < 4.78 is 6.01. The van der Waals surface area contributed by atoms with E-state index < -0.39 is 0 Å². The number of rotatable bonds is 3. The van der Waals surface area contributed by atoms with Crippen molar-refractivity contribution in [1.29, 1.82) is 0 Å². The minimum Gasteiger partial charge on any atom is -0.375 e. The summed E-state index contributed by atoms with van der Waals surface area (Å²) in [5, 5.41) is 0. The van der Waals surface area contributed by atoms with Crippen LogP contribution in [0.1, 0.15) is 51.4 Å². The highest BCUT2D eigenvalue weighted by Gasteiger charge is 2.39. The number of nitrogens with two attached hydrogens (primary N) is 1. The molecular weight excluding hydrogens is 174 g/mol. The molecule has 0 radical (unpaired) electrons. The summed E-state index contributed by atoms with van der Waals surface area (Å²) in [5.41, 5.74) is 5.86. The van der Waals surface area contributed by atoms with E-state index in [1.807, 2.05) is 0 Å². The fourth-order valence-electron chi connectivity index (χ4n) is 3.15. The lowest BCUT2D eigenvalue weighted by atomic mass is 9.82. The molecule has 1 spiro atoms. The highest BCUT2D eigenvalue weighted by atomic mass is 16.5. The van der Waals surface area contributed by atoms with Crippen LogP contribution in [-0.4, -0.2) is 18.8 Å². The molecule has 2 N–H and O–H groups in total. The van der Waals surface area contributed by atoms with Gasteiger partial charge >= 0.3 is 0 Å². The van der Waals surface area contributed by atoms with Gasteiger partial charge in [0, 0.05) is 6.61 Å². The average molecular weight is 197 g/mol. The van der Waals surface area contributed by atoms with Gasteiger partial charge in [0.1, 0.15) is 0 Å². The molecule has 2 fully saturated rings.